The highest BCUT2D eigenvalue weighted by Gasteiger charge is 2.17. The second kappa shape index (κ2) is 14.9. The molecule has 0 bridgehead atoms. The number of sulfone groups is 1. The van der Waals surface area contributed by atoms with Crippen molar-refractivity contribution in [3.05, 3.63) is 29.3 Å². The van der Waals surface area contributed by atoms with Crippen LogP contribution in [0.15, 0.2) is 23.2 Å². The summed E-state index contributed by atoms with van der Waals surface area (Å²) >= 11 is 0. The van der Waals surface area contributed by atoms with Gasteiger partial charge in [-0.2, -0.15) is 0 Å². The number of rotatable bonds is 12. The summed E-state index contributed by atoms with van der Waals surface area (Å²) in [6.07, 6.45) is 2.25. The standard InChI is InChI=1S/C21H35N3O5S.HI/c1-4-22-21(23-8-10-27-11-12-30(3,25)26)24-14-19-6-5-17(2)13-20(19)29-16-18-7-9-28-15-18;/h5-6,13,18H,4,7-12,14-16H2,1-3H3,(H2,22,23,24);1H. The largest absolute Gasteiger partial charge is 0.493 e. The van der Waals surface area contributed by atoms with Crippen LogP contribution in [-0.2, 0) is 25.9 Å². The SMILES string of the molecule is CCNC(=NCc1ccc(C)cc1OCC1CCOC1)NCCOCCS(C)(=O)=O.I. The monoisotopic (exact) mass is 569 g/mol. The van der Waals surface area contributed by atoms with Gasteiger partial charge in [-0.15, -0.1) is 24.0 Å². The van der Waals surface area contributed by atoms with Crippen LogP contribution in [0.4, 0.5) is 0 Å². The first kappa shape index (κ1) is 27.9. The number of benzene rings is 1. The normalized spacial score (nSPS) is 16.6. The van der Waals surface area contributed by atoms with Gasteiger partial charge < -0.3 is 24.8 Å². The lowest BCUT2D eigenvalue weighted by molar-refractivity contribution is 0.154. The maximum Gasteiger partial charge on any atom is 0.191 e. The molecule has 1 fully saturated rings. The molecule has 0 radical (unpaired) electrons. The van der Waals surface area contributed by atoms with Crippen LogP contribution in [0.2, 0.25) is 0 Å². The molecule has 178 valence electrons. The minimum absolute atomic E-state index is 0. The van der Waals surface area contributed by atoms with Crippen LogP contribution in [0.3, 0.4) is 0 Å². The first-order valence-corrected chi connectivity index (χ1v) is 12.5. The van der Waals surface area contributed by atoms with Crippen LogP contribution in [-0.4, -0.2) is 72.5 Å². The average molecular weight is 570 g/mol. The number of halogens is 1. The van der Waals surface area contributed by atoms with Gasteiger partial charge in [0, 0.05) is 37.4 Å². The average Bonchev–Trinajstić information content (AvgIpc) is 3.20. The highest BCUT2D eigenvalue weighted by Crippen LogP contribution is 2.23. The van der Waals surface area contributed by atoms with Crippen LogP contribution in [0, 0.1) is 12.8 Å². The van der Waals surface area contributed by atoms with Crippen molar-refractivity contribution in [2.45, 2.75) is 26.8 Å². The fraction of sp³-hybridized carbons (Fsp3) is 0.667. The van der Waals surface area contributed by atoms with Gasteiger partial charge in [0.15, 0.2) is 5.96 Å². The Morgan fingerprint density at radius 2 is 2.10 bits per heavy atom. The Hall–Kier alpha value is -1.11. The van der Waals surface area contributed by atoms with Gasteiger partial charge in [-0.25, -0.2) is 13.4 Å². The molecule has 0 aliphatic carbocycles. The molecule has 2 rings (SSSR count). The number of nitrogens with zero attached hydrogens (tertiary/aromatic N) is 1. The summed E-state index contributed by atoms with van der Waals surface area (Å²) in [5.74, 6) is 2.03. The van der Waals surface area contributed by atoms with Gasteiger partial charge >= 0.3 is 0 Å². The fourth-order valence-electron chi connectivity index (χ4n) is 2.91. The third-order valence-corrected chi connectivity index (χ3v) is 5.52. The molecule has 1 aromatic rings. The lowest BCUT2D eigenvalue weighted by atomic mass is 10.1. The number of hydrogen-bond donors (Lipinski definition) is 2. The van der Waals surface area contributed by atoms with E-state index in [1.54, 1.807) is 0 Å². The summed E-state index contributed by atoms with van der Waals surface area (Å²) in [7, 11) is -2.99. The number of ether oxygens (including phenoxy) is 3. The van der Waals surface area contributed by atoms with E-state index in [-0.39, 0.29) is 36.3 Å². The van der Waals surface area contributed by atoms with Crippen molar-refractivity contribution < 1.29 is 22.6 Å². The van der Waals surface area contributed by atoms with Crippen LogP contribution in [0.25, 0.3) is 0 Å². The Balaban J connectivity index is 0.00000480. The molecule has 1 aliphatic heterocycles. The van der Waals surface area contributed by atoms with Gasteiger partial charge in [0.2, 0.25) is 0 Å². The lowest BCUT2D eigenvalue weighted by Crippen LogP contribution is -2.39. The highest BCUT2D eigenvalue weighted by molar-refractivity contribution is 14.0. The van der Waals surface area contributed by atoms with Crippen LogP contribution in [0.5, 0.6) is 5.75 Å². The molecule has 1 heterocycles. The van der Waals surface area contributed by atoms with Gasteiger partial charge in [-0.3, -0.25) is 0 Å². The molecule has 10 heteroatoms. The second-order valence-corrected chi connectivity index (χ2v) is 9.78. The molecule has 1 atom stereocenters. The molecule has 0 aromatic heterocycles. The van der Waals surface area contributed by atoms with Crippen molar-refractivity contribution in [3.8, 4) is 5.75 Å². The molecule has 8 nitrogen and oxygen atoms in total. The highest BCUT2D eigenvalue weighted by atomic mass is 127. The maximum absolute atomic E-state index is 11.1. The number of nitrogens with one attached hydrogen (secondary N) is 2. The molecule has 1 aromatic carbocycles. The molecule has 0 spiro atoms. The molecule has 0 amide bonds. The molecule has 1 unspecified atom stereocenters. The van der Waals surface area contributed by atoms with Gasteiger partial charge in [-0.1, -0.05) is 12.1 Å². The van der Waals surface area contributed by atoms with E-state index in [2.05, 4.69) is 33.8 Å². The molecular weight excluding hydrogens is 533 g/mol. The van der Waals surface area contributed by atoms with Gasteiger partial charge in [0.1, 0.15) is 15.6 Å². The first-order chi connectivity index (χ1) is 14.4. The van der Waals surface area contributed by atoms with Crippen LogP contribution in [0.1, 0.15) is 24.5 Å². The predicted octanol–water partition coefficient (Wildman–Crippen LogP) is 2.14. The van der Waals surface area contributed by atoms with E-state index in [9.17, 15) is 8.42 Å². The summed E-state index contributed by atoms with van der Waals surface area (Å²) < 4.78 is 39.1. The van der Waals surface area contributed by atoms with Crippen molar-refractivity contribution in [1.29, 1.82) is 0 Å². The molecule has 0 saturated carbocycles. The van der Waals surface area contributed by atoms with Crippen molar-refractivity contribution in [2.75, 3.05) is 58.1 Å². The first-order valence-electron chi connectivity index (χ1n) is 10.4. The Morgan fingerprint density at radius 1 is 1.29 bits per heavy atom. The summed E-state index contributed by atoms with van der Waals surface area (Å²) in [5.41, 5.74) is 2.18. The zero-order valence-corrected chi connectivity index (χ0v) is 21.8. The molecule has 1 saturated heterocycles. The van der Waals surface area contributed by atoms with E-state index in [1.165, 1.54) is 6.26 Å². The fourth-order valence-corrected chi connectivity index (χ4v) is 3.33. The topological polar surface area (TPSA) is 98.2 Å². The van der Waals surface area contributed by atoms with Crippen LogP contribution < -0.4 is 15.4 Å². The molecule has 2 N–H and O–H groups in total. The van der Waals surface area contributed by atoms with Crippen LogP contribution >= 0.6 is 24.0 Å². The lowest BCUT2D eigenvalue weighted by Gasteiger charge is -2.15. The Bertz CT molecular complexity index is 783. The summed E-state index contributed by atoms with van der Waals surface area (Å²) in [6.45, 7) is 8.65. The number of hydrogen-bond acceptors (Lipinski definition) is 6. The maximum atomic E-state index is 11.1. The van der Waals surface area contributed by atoms with E-state index in [0.29, 0.717) is 38.2 Å². The quantitative estimate of drug-likeness (QED) is 0.172. The number of guanidine groups is 1. The minimum atomic E-state index is -2.99. The van der Waals surface area contributed by atoms with E-state index >= 15 is 0 Å². The molecule has 31 heavy (non-hydrogen) atoms. The van der Waals surface area contributed by atoms with Crippen molar-refractivity contribution in [2.24, 2.45) is 10.9 Å². The predicted molar refractivity (Wildman–Crippen MR) is 134 cm³/mol. The zero-order valence-electron chi connectivity index (χ0n) is 18.7. The second-order valence-electron chi connectivity index (χ2n) is 7.52. The van der Waals surface area contributed by atoms with Crippen molar-refractivity contribution in [1.82, 2.24) is 10.6 Å². The third-order valence-electron chi connectivity index (χ3n) is 4.61. The Morgan fingerprint density at radius 3 is 2.77 bits per heavy atom. The van der Waals surface area contributed by atoms with Gasteiger partial charge in [0.05, 0.1) is 38.7 Å². The Labute approximate surface area is 203 Å². The van der Waals surface area contributed by atoms with E-state index < -0.39 is 9.84 Å². The number of aryl methyl sites for hydroxylation is 1. The molecule has 1 aliphatic rings. The van der Waals surface area contributed by atoms with Crippen molar-refractivity contribution >= 4 is 39.8 Å². The smallest absolute Gasteiger partial charge is 0.191 e. The zero-order chi connectivity index (χ0) is 21.8. The van der Waals surface area contributed by atoms with E-state index in [0.717, 1.165) is 43.1 Å². The van der Waals surface area contributed by atoms with Crippen molar-refractivity contribution in [3.63, 3.8) is 0 Å². The van der Waals surface area contributed by atoms with E-state index in [4.69, 9.17) is 14.2 Å². The minimum Gasteiger partial charge on any atom is -0.493 e. The van der Waals surface area contributed by atoms with Gasteiger partial charge in [0.25, 0.3) is 0 Å². The van der Waals surface area contributed by atoms with Gasteiger partial charge in [-0.05, 0) is 31.9 Å². The Kier molecular flexibility index (Phi) is 13.4. The summed E-state index contributed by atoms with van der Waals surface area (Å²) in [6, 6.07) is 6.17. The molecular formula is C21H36IN3O5S. The summed E-state index contributed by atoms with van der Waals surface area (Å²) in [5, 5.41) is 6.41. The number of aliphatic imine (C=N–C) groups is 1. The summed E-state index contributed by atoms with van der Waals surface area (Å²) in [4.78, 5) is 4.65. The van der Waals surface area contributed by atoms with E-state index in [1.807, 2.05) is 13.8 Å². The third kappa shape index (κ3) is 11.9.